The molecule has 44 heavy (non-hydrogen) atoms. The summed E-state index contributed by atoms with van der Waals surface area (Å²) < 4.78 is 81.8. The van der Waals surface area contributed by atoms with Gasteiger partial charge in [0, 0.05) is 41.7 Å². The smallest absolute Gasteiger partial charge is 0.416 e. The molecule has 234 valence electrons. The average Bonchev–Trinajstić information content (AvgIpc) is 2.99. The summed E-state index contributed by atoms with van der Waals surface area (Å²) in [5.74, 6) is 1.47. The number of benzene rings is 4. The first-order valence-corrected chi connectivity index (χ1v) is 13.9. The number of halogens is 5. The van der Waals surface area contributed by atoms with Gasteiger partial charge >= 0.3 is 6.18 Å². The Morgan fingerprint density at radius 3 is 2.27 bits per heavy atom. The van der Waals surface area contributed by atoms with Crippen LogP contribution in [0, 0.1) is 0 Å². The largest absolute Gasteiger partial charge is 0.497 e. The molecule has 0 aliphatic carbocycles. The minimum atomic E-state index is -4.44. The third-order valence-electron chi connectivity index (χ3n) is 7.05. The Balaban J connectivity index is 1.39. The second-order valence-corrected chi connectivity index (χ2v) is 10.3. The van der Waals surface area contributed by atoms with Gasteiger partial charge in [-0.05, 0) is 73.3 Å². The van der Waals surface area contributed by atoms with E-state index in [1.165, 1.54) is 26.4 Å². The Kier molecular flexibility index (Phi) is 10.6. The minimum Gasteiger partial charge on any atom is -0.497 e. The van der Waals surface area contributed by atoms with Gasteiger partial charge in [0.2, 0.25) is 0 Å². The zero-order chi connectivity index (χ0) is 31.9. The number of carbonyl (C=O) groups is 1. The molecule has 4 aromatic carbocycles. The van der Waals surface area contributed by atoms with Gasteiger partial charge in [-0.25, -0.2) is 8.78 Å². The summed E-state index contributed by atoms with van der Waals surface area (Å²) in [5.41, 5.74) is 0.360. The van der Waals surface area contributed by atoms with Crippen molar-refractivity contribution >= 4 is 16.7 Å². The standard InChI is InChI=1S/C33H33F5N2O4/c1-21(15-16-40(20-31(34)35)19-24-7-11-27(42-2)18-30(24)43-3)39-32(41)23-8-14-28-22(17-23)5-4-6-29(28)44-26-12-9-25(10-13-26)33(36,37)38/h4-14,17-18,21,31H,15-16,19-20H2,1-3H3,(H,39,41)/t21-/m1/s1. The predicted molar refractivity (Wildman–Crippen MR) is 158 cm³/mol. The normalized spacial score (nSPS) is 12.4. The highest BCUT2D eigenvalue weighted by atomic mass is 19.4. The van der Waals surface area contributed by atoms with Crippen LogP contribution in [0.2, 0.25) is 0 Å². The second kappa shape index (κ2) is 14.4. The highest BCUT2D eigenvalue weighted by Crippen LogP contribution is 2.34. The van der Waals surface area contributed by atoms with Crippen molar-refractivity contribution in [1.82, 2.24) is 10.2 Å². The number of ether oxygens (including phenoxy) is 3. The number of nitrogens with zero attached hydrogens (tertiary/aromatic N) is 1. The molecule has 0 aromatic heterocycles. The zero-order valence-corrected chi connectivity index (χ0v) is 24.5. The number of alkyl halides is 5. The summed E-state index contributed by atoms with van der Waals surface area (Å²) in [5, 5.41) is 4.30. The van der Waals surface area contributed by atoms with Gasteiger partial charge in [-0.1, -0.05) is 18.2 Å². The fourth-order valence-electron chi connectivity index (χ4n) is 4.73. The van der Waals surface area contributed by atoms with Crippen molar-refractivity contribution in [3.05, 3.63) is 95.6 Å². The van der Waals surface area contributed by atoms with Gasteiger partial charge in [0.15, 0.2) is 0 Å². The number of nitrogens with one attached hydrogen (secondary N) is 1. The van der Waals surface area contributed by atoms with E-state index in [1.54, 1.807) is 59.5 Å². The molecule has 1 N–H and O–H groups in total. The average molecular weight is 617 g/mol. The third kappa shape index (κ3) is 8.59. The number of amides is 1. The number of carbonyl (C=O) groups excluding carboxylic acids is 1. The van der Waals surface area contributed by atoms with Crippen molar-refractivity contribution in [3.63, 3.8) is 0 Å². The Hall–Kier alpha value is -4.38. The first-order chi connectivity index (χ1) is 21.0. The molecule has 1 amide bonds. The van der Waals surface area contributed by atoms with Crippen LogP contribution >= 0.6 is 0 Å². The minimum absolute atomic E-state index is 0.236. The topological polar surface area (TPSA) is 60.0 Å². The Morgan fingerprint density at radius 2 is 1.61 bits per heavy atom. The molecular formula is C33H33F5N2O4. The van der Waals surface area contributed by atoms with Crippen LogP contribution < -0.4 is 19.5 Å². The molecule has 1 atom stereocenters. The second-order valence-electron chi connectivity index (χ2n) is 10.3. The predicted octanol–water partition coefficient (Wildman–Crippen LogP) is 7.94. The van der Waals surface area contributed by atoms with Gasteiger partial charge in [-0.3, -0.25) is 9.69 Å². The summed E-state index contributed by atoms with van der Waals surface area (Å²) >= 11 is 0. The van der Waals surface area contributed by atoms with Crippen molar-refractivity contribution in [2.24, 2.45) is 0 Å². The highest BCUT2D eigenvalue weighted by molar-refractivity contribution is 6.00. The summed E-state index contributed by atoms with van der Waals surface area (Å²) in [6.07, 6.45) is -6.55. The molecule has 6 nitrogen and oxygen atoms in total. The molecule has 0 fully saturated rings. The van der Waals surface area contributed by atoms with Crippen LogP contribution in [0.4, 0.5) is 22.0 Å². The van der Waals surface area contributed by atoms with E-state index in [0.29, 0.717) is 46.6 Å². The molecular weight excluding hydrogens is 583 g/mol. The monoisotopic (exact) mass is 616 g/mol. The van der Waals surface area contributed by atoms with Gasteiger partial charge in [0.05, 0.1) is 26.3 Å². The van der Waals surface area contributed by atoms with E-state index < -0.39 is 24.7 Å². The third-order valence-corrected chi connectivity index (χ3v) is 7.05. The molecule has 0 bridgehead atoms. The van der Waals surface area contributed by atoms with Crippen molar-refractivity contribution in [3.8, 4) is 23.0 Å². The Labute approximate surface area is 252 Å². The zero-order valence-electron chi connectivity index (χ0n) is 24.5. The lowest BCUT2D eigenvalue weighted by Crippen LogP contribution is -2.37. The molecule has 0 spiro atoms. The number of hydrogen-bond acceptors (Lipinski definition) is 5. The van der Waals surface area contributed by atoms with E-state index in [0.717, 1.165) is 17.7 Å². The number of methoxy groups -OCH3 is 2. The van der Waals surface area contributed by atoms with Crippen molar-refractivity contribution in [2.75, 3.05) is 27.3 Å². The van der Waals surface area contributed by atoms with Crippen molar-refractivity contribution < 1.29 is 41.0 Å². The summed E-state index contributed by atoms with van der Waals surface area (Å²) in [6, 6.07) is 19.6. The van der Waals surface area contributed by atoms with E-state index in [-0.39, 0.29) is 24.2 Å². The van der Waals surface area contributed by atoms with E-state index >= 15 is 0 Å². The first-order valence-electron chi connectivity index (χ1n) is 13.9. The number of hydrogen-bond donors (Lipinski definition) is 1. The van der Waals surface area contributed by atoms with Crippen LogP contribution in [0.1, 0.15) is 34.8 Å². The van der Waals surface area contributed by atoms with E-state index in [9.17, 15) is 26.7 Å². The maximum Gasteiger partial charge on any atom is 0.416 e. The van der Waals surface area contributed by atoms with E-state index in [1.807, 2.05) is 6.92 Å². The summed E-state index contributed by atoms with van der Waals surface area (Å²) in [7, 11) is 3.04. The maximum absolute atomic E-state index is 13.4. The lowest BCUT2D eigenvalue weighted by atomic mass is 10.1. The fraction of sp³-hybridized carbons (Fsp3) is 0.303. The lowest BCUT2D eigenvalue weighted by molar-refractivity contribution is -0.137. The van der Waals surface area contributed by atoms with Crippen LogP contribution in [-0.2, 0) is 12.7 Å². The summed E-state index contributed by atoms with van der Waals surface area (Å²) in [4.78, 5) is 14.7. The van der Waals surface area contributed by atoms with Gasteiger partial charge < -0.3 is 19.5 Å². The molecule has 0 saturated heterocycles. The van der Waals surface area contributed by atoms with Gasteiger partial charge in [0.25, 0.3) is 12.3 Å². The van der Waals surface area contributed by atoms with Crippen molar-refractivity contribution in [2.45, 2.75) is 38.5 Å². The molecule has 0 aliphatic heterocycles. The fourth-order valence-corrected chi connectivity index (χ4v) is 4.73. The molecule has 4 aromatic rings. The quantitative estimate of drug-likeness (QED) is 0.155. The molecule has 0 heterocycles. The molecule has 4 rings (SSSR count). The lowest BCUT2D eigenvalue weighted by Gasteiger charge is -2.25. The highest BCUT2D eigenvalue weighted by Gasteiger charge is 2.30. The Morgan fingerprint density at radius 1 is 0.886 bits per heavy atom. The number of rotatable bonds is 13. The molecule has 0 radical (unpaired) electrons. The van der Waals surface area contributed by atoms with Crippen LogP contribution in [0.3, 0.4) is 0 Å². The van der Waals surface area contributed by atoms with E-state index in [2.05, 4.69) is 5.32 Å². The van der Waals surface area contributed by atoms with E-state index in [4.69, 9.17) is 14.2 Å². The summed E-state index contributed by atoms with van der Waals surface area (Å²) in [6.45, 7) is 1.92. The van der Waals surface area contributed by atoms with Gasteiger partial charge in [-0.15, -0.1) is 0 Å². The van der Waals surface area contributed by atoms with Crippen LogP contribution in [0.5, 0.6) is 23.0 Å². The van der Waals surface area contributed by atoms with Crippen LogP contribution in [-0.4, -0.2) is 50.6 Å². The number of fused-ring (bicyclic) bond motifs is 1. The molecule has 11 heteroatoms. The SMILES string of the molecule is COc1ccc(CN(CC[C@@H](C)NC(=O)c2ccc3c(Oc4ccc(C(F)(F)F)cc4)cccc3c2)CC(F)F)c(OC)c1. The molecule has 0 saturated carbocycles. The first kappa shape index (κ1) is 32.5. The van der Waals surface area contributed by atoms with Gasteiger partial charge in [0.1, 0.15) is 23.0 Å². The van der Waals surface area contributed by atoms with Crippen LogP contribution in [0.25, 0.3) is 10.8 Å². The molecule has 0 aliphatic rings. The van der Waals surface area contributed by atoms with Crippen molar-refractivity contribution in [1.29, 1.82) is 0 Å². The van der Waals surface area contributed by atoms with Gasteiger partial charge in [-0.2, -0.15) is 13.2 Å². The maximum atomic E-state index is 13.4. The Bertz CT molecular complexity index is 1560. The van der Waals surface area contributed by atoms with Crippen LogP contribution in [0.15, 0.2) is 78.9 Å². The molecule has 0 unspecified atom stereocenters.